The second-order valence-corrected chi connectivity index (χ2v) is 7.93. The molecule has 150 valence electrons. The van der Waals surface area contributed by atoms with Crippen molar-refractivity contribution in [2.24, 2.45) is 0 Å². The molecule has 0 unspecified atom stereocenters. The third-order valence-corrected chi connectivity index (χ3v) is 6.10. The van der Waals surface area contributed by atoms with Gasteiger partial charge in [-0.1, -0.05) is 66.7 Å². The molecule has 30 heavy (non-hydrogen) atoms. The molecule has 0 radical (unpaired) electrons. The van der Waals surface area contributed by atoms with Crippen LogP contribution in [0.15, 0.2) is 66.7 Å². The Bertz CT molecular complexity index is 1120. The predicted molar refractivity (Wildman–Crippen MR) is 121 cm³/mol. The number of hydrogen-bond donors (Lipinski definition) is 0. The molecular formula is C27H25NO2. The van der Waals surface area contributed by atoms with Gasteiger partial charge in [0.15, 0.2) is 0 Å². The Morgan fingerprint density at radius 1 is 0.600 bits per heavy atom. The first-order valence-corrected chi connectivity index (χ1v) is 10.2. The third kappa shape index (κ3) is 3.26. The van der Waals surface area contributed by atoms with Crippen LogP contribution in [0.3, 0.4) is 0 Å². The van der Waals surface area contributed by atoms with Crippen molar-refractivity contribution < 1.29 is 9.59 Å². The molecule has 3 aromatic rings. The molecule has 0 N–H and O–H groups in total. The summed E-state index contributed by atoms with van der Waals surface area (Å²) in [7, 11) is 0. The highest BCUT2D eigenvalue weighted by Gasteiger charge is 2.40. The van der Waals surface area contributed by atoms with Gasteiger partial charge in [0, 0.05) is 0 Å². The highest BCUT2D eigenvalue weighted by Crippen LogP contribution is 2.39. The predicted octanol–water partition coefficient (Wildman–Crippen LogP) is 5.40. The van der Waals surface area contributed by atoms with Crippen molar-refractivity contribution in [2.75, 3.05) is 0 Å². The molecule has 0 aromatic heterocycles. The van der Waals surface area contributed by atoms with Crippen molar-refractivity contribution >= 4 is 23.0 Å². The molecule has 1 heterocycles. The number of hydrogen-bond acceptors (Lipinski definition) is 2. The number of amides is 2. The number of carbonyl (C=O) groups excluding carboxylic acids is 2. The van der Waals surface area contributed by atoms with Crippen LogP contribution in [-0.4, -0.2) is 16.7 Å². The lowest BCUT2D eigenvalue weighted by molar-refractivity contribution is -0.136. The van der Waals surface area contributed by atoms with Crippen LogP contribution in [0.25, 0.3) is 11.1 Å². The van der Waals surface area contributed by atoms with E-state index in [2.05, 4.69) is 0 Å². The topological polar surface area (TPSA) is 37.4 Å². The molecule has 3 heteroatoms. The van der Waals surface area contributed by atoms with Crippen molar-refractivity contribution in [3.05, 3.63) is 106 Å². The minimum Gasteiger partial charge on any atom is -0.270 e. The first kappa shape index (κ1) is 19.8. The lowest BCUT2D eigenvalue weighted by atomic mass is 9.89. The van der Waals surface area contributed by atoms with Crippen LogP contribution in [-0.2, 0) is 16.1 Å². The Morgan fingerprint density at radius 2 is 1.07 bits per heavy atom. The SMILES string of the molecule is Cc1cccc(C2=C(c3cccc(C)c3C)C(=O)N(Cc3ccccc3)C2=O)c1C. The van der Waals surface area contributed by atoms with Gasteiger partial charge in [0.2, 0.25) is 0 Å². The van der Waals surface area contributed by atoms with E-state index >= 15 is 0 Å². The highest BCUT2D eigenvalue weighted by atomic mass is 16.2. The quantitative estimate of drug-likeness (QED) is 0.555. The summed E-state index contributed by atoms with van der Waals surface area (Å²) in [5.74, 6) is -0.457. The molecule has 0 atom stereocenters. The van der Waals surface area contributed by atoms with Gasteiger partial charge in [0.1, 0.15) is 0 Å². The summed E-state index contributed by atoms with van der Waals surface area (Å²) >= 11 is 0. The monoisotopic (exact) mass is 395 g/mol. The largest absolute Gasteiger partial charge is 0.270 e. The first-order valence-electron chi connectivity index (χ1n) is 10.2. The van der Waals surface area contributed by atoms with E-state index in [1.54, 1.807) is 0 Å². The van der Waals surface area contributed by atoms with Crippen LogP contribution in [0.4, 0.5) is 0 Å². The van der Waals surface area contributed by atoms with Crippen molar-refractivity contribution in [3.8, 4) is 0 Å². The highest BCUT2D eigenvalue weighted by molar-refractivity contribution is 6.49. The van der Waals surface area contributed by atoms with Gasteiger partial charge < -0.3 is 0 Å². The van der Waals surface area contributed by atoms with E-state index < -0.39 is 0 Å². The minimum absolute atomic E-state index is 0.228. The van der Waals surface area contributed by atoms with Crippen molar-refractivity contribution in [1.82, 2.24) is 4.90 Å². The zero-order valence-corrected chi connectivity index (χ0v) is 17.8. The maximum atomic E-state index is 13.6. The summed E-state index contributed by atoms with van der Waals surface area (Å²) in [6, 6.07) is 21.5. The normalized spacial score (nSPS) is 14.1. The summed E-state index contributed by atoms with van der Waals surface area (Å²) in [6.45, 7) is 8.34. The molecule has 0 fully saturated rings. The van der Waals surface area contributed by atoms with Gasteiger partial charge in [0.25, 0.3) is 11.8 Å². The molecule has 0 saturated heterocycles. The lowest BCUT2D eigenvalue weighted by Gasteiger charge is -2.16. The number of benzene rings is 3. The molecule has 1 aliphatic rings. The smallest absolute Gasteiger partial charge is 0.262 e. The minimum atomic E-state index is -0.228. The number of rotatable bonds is 4. The second kappa shape index (κ2) is 7.75. The van der Waals surface area contributed by atoms with Gasteiger partial charge in [-0.05, 0) is 66.6 Å². The van der Waals surface area contributed by atoms with Gasteiger partial charge in [-0.2, -0.15) is 0 Å². The summed E-state index contributed by atoms with van der Waals surface area (Å²) in [4.78, 5) is 28.6. The molecule has 0 aliphatic carbocycles. The fourth-order valence-electron chi connectivity index (χ4n) is 4.03. The van der Waals surface area contributed by atoms with Gasteiger partial charge >= 0.3 is 0 Å². The molecule has 1 aliphatic heterocycles. The van der Waals surface area contributed by atoms with Gasteiger partial charge in [0.05, 0.1) is 17.7 Å². The Hall–Kier alpha value is -3.46. The Balaban J connectivity index is 1.93. The fraction of sp³-hybridized carbons (Fsp3) is 0.185. The summed E-state index contributed by atoms with van der Waals surface area (Å²) in [5, 5.41) is 0. The first-order chi connectivity index (χ1) is 14.4. The van der Waals surface area contributed by atoms with Crippen molar-refractivity contribution in [2.45, 2.75) is 34.2 Å². The van der Waals surface area contributed by atoms with Crippen LogP contribution >= 0.6 is 0 Å². The molecular weight excluding hydrogens is 370 g/mol. The van der Waals surface area contributed by atoms with Crippen LogP contribution < -0.4 is 0 Å². The summed E-state index contributed by atoms with van der Waals surface area (Å²) in [5.41, 5.74) is 7.86. The number of nitrogens with zero attached hydrogens (tertiary/aromatic N) is 1. The zero-order valence-electron chi connectivity index (χ0n) is 17.8. The summed E-state index contributed by atoms with van der Waals surface area (Å²) in [6.07, 6.45) is 0. The number of imide groups is 1. The third-order valence-electron chi connectivity index (χ3n) is 6.10. The fourth-order valence-corrected chi connectivity index (χ4v) is 4.03. The zero-order chi connectivity index (χ0) is 21.4. The second-order valence-electron chi connectivity index (χ2n) is 7.93. The number of aryl methyl sites for hydroxylation is 2. The molecule has 2 amide bonds. The summed E-state index contributed by atoms with van der Waals surface area (Å²) < 4.78 is 0. The van der Waals surface area contributed by atoms with Crippen molar-refractivity contribution in [1.29, 1.82) is 0 Å². The Kier molecular flexibility index (Phi) is 5.13. The Morgan fingerprint density at radius 3 is 1.53 bits per heavy atom. The number of carbonyl (C=O) groups is 2. The van der Waals surface area contributed by atoms with E-state index in [4.69, 9.17) is 0 Å². The van der Waals surface area contributed by atoms with E-state index in [0.29, 0.717) is 11.1 Å². The molecule has 4 rings (SSSR count). The van der Waals surface area contributed by atoms with Crippen LogP contribution in [0.1, 0.15) is 38.9 Å². The van der Waals surface area contributed by atoms with E-state index in [1.807, 2.05) is 94.4 Å². The molecule has 0 saturated carbocycles. The van der Waals surface area contributed by atoms with Gasteiger partial charge in [-0.3, -0.25) is 14.5 Å². The van der Waals surface area contributed by atoms with E-state index in [1.165, 1.54) is 4.90 Å². The maximum absolute atomic E-state index is 13.6. The maximum Gasteiger partial charge on any atom is 0.262 e. The van der Waals surface area contributed by atoms with Crippen LogP contribution in [0.5, 0.6) is 0 Å². The average Bonchev–Trinajstić information content (AvgIpc) is 2.97. The van der Waals surface area contributed by atoms with E-state index in [-0.39, 0.29) is 18.4 Å². The molecule has 0 bridgehead atoms. The lowest BCUT2D eigenvalue weighted by Crippen LogP contribution is -2.31. The van der Waals surface area contributed by atoms with Crippen molar-refractivity contribution in [3.63, 3.8) is 0 Å². The molecule has 3 aromatic carbocycles. The van der Waals surface area contributed by atoms with Gasteiger partial charge in [-0.15, -0.1) is 0 Å². The molecule has 3 nitrogen and oxygen atoms in total. The van der Waals surface area contributed by atoms with Gasteiger partial charge in [-0.25, -0.2) is 0 Å². The van der Waals surface area contributed by atoms with Crippen LogP contribution in [0, 0.1) is 27.7 Å². The van der Waals surface area contributed by atoms with E-state index in [0.717, 1.165) is 38.9 Å². The average molecular weight is 396 g/mol. The Labute approximate surface area is 177 Å². The van der Waals surface area contributed by atoms with E-state index in [9.17, 15) is 9.59 Å². The standard InChI is InChI=1S/C27H25NO2/c1-17-10-8-14-22(19(17)3)24-25(23-15-9-11-18(2)20(23)4)27(30)28(26(24)29)16-21-12-6-5-7-13-21/h5-15H,16H2,1-4H3. The van der Waals surface area contributed by atoms with Crippen LogP contribution in [0.2, 0.25) is 0 Å². The molecule has 0 spiro atoms.